The van der Waals surface area contributed by atoms with Gasteiger partial charge in [-0.1, -0.05) is 51.5 Å². The van der Waals surface area contributed by atoms with Crippen LogP contribution in [0.3, 0.4) is 0 Å². The monoisotopic (exact) mass is 512 g/mol. The first-order chi connectivity index (χ1) is 15.4. The van der Waals surface area contributed by atoms with Gasteiger partial charge in [0.25, 0.3) is 5.56 Å². The highest BCUT2D eigenvalue weighted by Crippen LogP contribution is 2.31. The van der Waals surface area contributed by atoms with E-state index in [1.54, 1.807) is 25.5 Å². The van der Waals surface area contributed by atoms with Crippen molar-refractivity contribution in [3.63, 3.8) is 0 Å². The number of benzene rings is 2. The van der Waals surface area contributed by atoms with Crippen LogP contribution in [0.4, 0.5) is 0 Å². The van der Waals surface area contributed by atoms with Gasteiger partial charge in [-0.05, 0) is 55.3 Å². The van der Waals surface area contributed by atoms with Gasteiger partial charge in [0.05, 0.1) is 35.6 Å². The van der Waals surface area contributed by atoms with E-state index in [2.05, 4.69) is 20.9 Å². The third-order valence-electron chi connectivity index (χ3n) is 5.10. The topological polar surface area (TPSA) is 69.9 Å². The summed E-state index contributed by atoms with van der Waals surface area (Å²) in [5, 5.41) is 0. The smallest absolute Gasteiger partial charge is 0.338 e. The number of carbonyl (C=O) groups excluding carboxylic acids is 1. The molecule has 1 atom stereocenters. The predicted molar refractivity (Wildman–Crippen MR) is 128 cm³/mol. The largest absolute Gasteiger partial charge is 0.497 e. The zero-order valence-corrected chi connectivity index (χ0v) is 20.2. The summed E-state index contributed by atoms with van der Waals surface area (Å²) in [6, 6.07) is 14.4. The number of halogens is 1. The predicted octanol–water partition coefficient (Wildman–Crippen LogP) is 3.57. The maximum atomic E-state index is 13.5. The molecule has 164 valence electrons. The fraction of sp³-hybridized carbons (Fsp3) is 0.208. The number of rotatable bonds is 5. The minimum Gasteiger partial charge on any atom is -0.497 e. The van der Waals surface area contributed by atoms with E-state index in [0.29, 0.717) is 26.4 Å². The number of nitrogens with zero attached hydrogens (tertiary/aromatic N) is 2. The molecule has 0 bridgehead atoms. The maximum Gasteiger partial charge on any atom is 0.338 e. The minimum atomic E-state index is -0.638. The molecule has 0 amide bonds. The molecule has 0 N–H and O–H groups in total. The number of ether oxygens (including phenoxy) is 2. The average Bonchev–Trinajstić information content (AvgIpc) is 3.07. The van der Waals surface area contributed by atoms with Crippen molar-refractivity contribution < 1.29 is 14.3 Å². The maximum absolute atomic E-state index is 13.5. The van der Waals surface area contributed by atoms with E-state index < -0.39 is 12.0 Å². The number of carbonyl (C=O) groups is 1. The number of allylic oxidation sites excluding steroid dienone is 1. The van der Waals surface area contributed by atoms with Gasteiger partial charge in [-0.25, -0.2) is 9.79 Å². The van der Waals surface area contributed by atoms with E-state index in [-0.39, 0.29) is 12.2 Å². The second kappa shape index (κ2) is 9.26. The summed E-state index contributed by atoms with van der Waals surface area (Å²) < 4.78 is 13.6. The molecule has 0 spiro atoms. The highest BCUT2D eigenvalue weighted by atomic mass is 79.9. The molecule has 0 saturated heterocycles. The van der Waals surface area contributed by atoms with E-state index in [0.717, 1.165) is 15.6 Å². The normalized spacial score (nSPS) is 15.9. The van der Waals surface area contributed by atoms with Crippen LogP contribution in [0.5, 0.6) is 5.75 Å². The fourth-order valence-corrected chi connectivity index (χ4v) is 5.10. The van der Waals surface area contributed by atoms with Gasteiger partial charge in [-0.2, -0.15) is 0 Å². The summed E-state index contributed by atoms with van der Waals surface area (Å²) in [6.07, 6.45) is 1.84. The first-order valence-electron chi connectivity index (χ1n) is 10.0. The van der Waals surface area contributed by atoms with Gasteiger partial charge in [0.1, 0.15) is 5.75 Å². The summed E-state index contributed by atoms with van der Waals surface area (Å²) in [4.78, 5) is 31.5. The molecule has 0 fully saturated rings. The Balaban J connectivity index is 1.94. The number of hydrogen-bond donors (Lipinski definition) is 0. The van der Waals surface area contributed by atoms with Crippen LogP contribution in [0.2, 0.25) is 0 Å². The number of fused-ring (bicyclic) bond motifs is 1. The third-order valence-corrected chi connectivity index (χ3v) is 6.57. The first-order valence-corrected chi connectivity index (χ1v) is 11.6. The van der Waals surface area contributed by atoms with Crippen LogP contribution in [0.1, 0.15) is 31.0 Å². The molecule has 4 rings (SSSR count). The van der Waals surface area contributed by atoms with E-state index in [1.807, 2.05) is 54.6 Å². The van der Waals surface area contributed by atoms with Gasteiger partial charge >= 0.3 is 5.97 Å². The molecule has 32 heavy (non-hydrogen) atoms. The Morgan fingerprint density at radius 1 is 1.25 bits per heavy atom. The fourth-order valence-electron chi connectivity index (χ4n) is 3.64. The van der Waals surface area contributed by atoms with Gasteiger partial charge in [0.2, 0.25) is 0 Å². The second-order valence-corrected chi connectivity index (χ2v) is 9.06. The molecule has 3 aromatic rings. The SMILES string of the molecule is CCOC(=O)C1=C(C)N=c2s/c(=C\c3cccc(Br)c3)c(=O)n2C1c1ccc(OC)cc1. The van der Waals surface area contributed by atoms with Gasteiger partial charge in [0.15, 0.2) is 4.80 Å². The van der Waals surface area contributed by atoms with Gasteiger partial charge in [0, 0.05) is 4.47 Å². The number of esters is 1. The Morgan fingerprint density at radius 3 is 2.66 bits per heavy atom. The van der Waals surface area contributed by atoms with Crippen LogP contribution in [0, 0.1) is 0 Å². The van der Waals surface area contributed by atoms with Crippen molar-refractivity contribution in [1.29, 1.82) is 0 Å². The Labute approximate surface area is 197 Å². The van der Waals surface area contributed by atoms with E-state index in [4.69, 9.17) is 9.47 Å². The van der Waals surface area contributed by atoms with Crippen LogP contribution in [-0.4, -0.2) is 24.3 Å². The van der Waals surface area contributed by atoms with Crippen LogP contribution in [-0.2, 0) is 9.53 Å². The lowest BCUT2D eigenvalue weighted by Crippen LogP contribution is -2.39. The van der Waals surface area contributed by atoms with Crippen molar-refractivity contribution in [2.75, 3.05) is 13.7 Å². The van der Waals surface area contributed by atoms with E-state index in [1.165, 1.54) is 11.3 Å². The van der Waals surface area contributed by atoms with Crippen molar-refractivity contribution >= 4 is 39.3 Å². The zero-order chi connectivity index (χ0) is 22.8. The summed E-state index contributed by atoms with van der Waals surface area (Å²) in [5.74, 6) is 0.213. The second-order valence-electron chi connectivity index (χ2n) is 7.13. The molecular weight excluding hydrogens is 492 g/mol. The number of hydrogen-bond acceptors (Lipinski definition) is 6. The van der Waals surface area contributed by atoms with E-state index in [9.17, 15) is 9.59 Å². The van der Waals surface area contributed by atoms with Crippen molar-refractivity contribution in [1.82, 2.24) is 4.57 Å². The van der Waals surface area contributed by atoms with Crippen molar-refractivity contribution in [3.8, 4) is 5.75 Å². The molecule has 1 aliphatic rings. The highest BCUT2D eigenvalue weighted by molar-refractivity contribution is 9.10. The number of thiazole rings is 1. The summed E-state index contributed by atoms with van der Waals surface area (Å²) in [6.45, 7) is 3.76. The van der Waals surface area contributed by atoms with Crippen LogP contribution in [0.25, 0.3) is 6.08 Å². The molecule has 6 nitrogen and oxygen atoms in total. The molecule has 0 radical (unpaired) electrons. The third kappa shape index (κ3) is 4.20. The van der Waals surface area contributed by atoms with E-state index >= 15 is 0 Å². The summed E-state index contributed by atoms with van der Waals surface area (Å²) in [5.41, 5.74) is 2.37. The summed E-state index contributed by atoms with van der Waals surface area (Å²) >= 11 is 4.76. The molecule has 2 aromatic carbocycles. The average molecular weight is 513 g/mol. The Kier molecular flexibility index (Phi) is 6.43. The molecule has 8 heteroatoms. The quantitative estimate of drug-likeness (QED) is 0.490. The van der Waals surface area contributed by atoms with Gasteiger partial charge in [-0.15, -0.1) is 0 Å². The van der Waals surface area contributed by atoms with Crippen molar-refractivity contribution in [3.05, 3.63) is 95.1 Å². The lowest BCUT2D eigenvalue weighted by atomic mass is 9.96. The van der Waals surface area contributed by atoms with Crippen LogP contribution >= 0.6 is 27.3 Å². The molecule has 0 saturated carbocycles. The standard InChI is InChI=1S/C24H21BrN2O4S/c1-4-31-23(29)20-14(2)26-24-27(21(20)16-8-10-18(30-3)11-9-16)22(28)19(32-24)13-15-6-5-7-17(25)12-15/h5-13,21H,4H2,1-3H3/b19-13-. The van der Waals surface area contributed by atoms with Crippen LogP contribution < -0.4 is 19.6 Å². The highest BCUT2D eigenvalue weighted by Gasteiger charge is 2.33. The zero-order valence-electron chi connectivity index (χ0n) is 17.8. The molecular formula is C24H21BrN2O4S. The molecule has 1 aliphatic heterocycles. The molecule has 2 heterocycles. The van der Waals surface area contributed by atoms with Gasteiger partial charge < -0.3 is 9.47 Å². The van der Waals surface area contributed by atoms with Gasteiger partial charge in [-0.3, -0.25) is 9.36 Å². The Morgan fingerprint density at radius 2 is 2.00 bits per heavy atom. The Hall–Kier alpha value is -2.97. The first kappa shape index (κ1) is 22.2. The number of methoxy groups -OCH3 is 1. The molecule has 0 aliphatic carbocycles. The Bertz CT molecular complexity index is 1390. The summed E-state index contributed by atoms with van der Waals surface area (Å²) in [7, 11) is 1.59. The van der Waals surface area contributed by atoms with Crippen LogP contribution in [0.15, 0.2) is 74.1 Å². The molecule has 1 unspecified atom stereocenters. The van der Waals surface area contributed by atoms with Crippen molar-refractivity contribution in [2.24, 2.45) is 4.99 Å². The molecule has 1 aromatic heterocycles. The minimum absolute atomic E-state index is 0.205. The number of aromatic nitrogens is 1. The lowest BCUT2D eigenvalue weighted by molar-refractivity contribution is -0.139. The van der Waals surface area contributed by atoms with Crippen molar-refractivity contribution in [2.45, 2.75) is 19.9 Å². The lowest BCUT2D eigenvalue weighted by Gasteiger charge is -2.24.